The summed E-state index contributed by atoms with van der Waals surface area (Å²) in [5.41, 5.74) is 0.894. The highest BCUT2D eigenvalue weighted by molar-refractivity contribution is 7.89. The molecular formula is C12H19FN2O2S. The van der Waals surface area contributed by atoms with Gasteiger partial charge in [0.05, 0.1) is 11.6 Å². The van der Waals surface area contributed by atoms with E-state index < -0.39 is 16.7 Å². The third-order valence-corrected chi connectivity index (χ3v) is 4.16. The summed E-state index contributed by atoms with van der Waals surface area (Å²) < 4.78 is 38.1. The van der Waals surface area contributed by atoms with E-state index in [1.165, 1.54) is 6.07 Å². The predicted molar refractivity (Wildman–Crippen MR) is 69.7 cm³/mol. The molecule has 0 radical (unpaired) electrons. The fourth-order valence-corrected chi connectivity index (χ4v) is 2.60. The van der Waals surface area contributed by atoms with E-state index in [1.807, 2.05) is 20.0 Å². The number of rotatable bonds is 7. The molecule has 0 aliphatic heterocycles. The van der Waals surface area contributed by atoms with Gasteiger partial charge in [-0.2, -0.15) is 0 Å². The Bertz CT molecular complexity index is 477. The van der Waals surface area contributed by atoms with Crippen molar-refractivity contribution in [1.29, 1.82) is 0 Å². The first-order valence-electron chi connectivity index (χ1n) is 5.84. The Hall–Kier alpha value is -0.980. The number of sulfonamides is 1. The minimum absolute atomic E-state index is 0.0750. The van der Waals surface area contributed by atoms with Gasteiger partial charge < -0.3 is 5.32 Å². The highest BCUT2D eigenvalue weighted by Crippen LogP contribution is 2.16. The molecule has 1 aromatic rings. The summed E-state index contributed by atoms with van der Waals surface area (Å²) in [6, 6.07) is 6.79. The lowest BCUT2D eigenvalue weighted by Crippen LogP contribution is -2.25. The minimum atomic E-state index is -3.54. The Morgan fingerprint density at radius 3 is 2.72 bits per heavy atom. The third-order valence-electron chi connectivity index (χ3n) is 2.70. The summed E-state index contributed by atoms with van der Waals surface area (Å²) >= 11 is 0. The lowest BCUT2D eigenvalue weighted by molar-refractivity contribution is 0.470. The third kappa shape index (κ3) is 4.04. The Morgan fingerprint density at radius 1 is 1.39 bits per heavy atom. The van der Waals surface area contributed by atoms with Crippen LogP contribution in [-0.4, -0.2) is 28.7 Å². The molecule has 0 spiro atoms. The average molecular weight is 274 g/mol. The molecule has 1 rings (SSSR count). The van der Waals surface area contributed by atoms with Crippen molar-refractivity contribution >= 4 is 10.0 Å². The zero-order valence-corrected chi connectivity index (χ0v) is 11.4. The highest BCUT2D eigenvalue weighted by atomic mass is 32.2. The van der Waals surface area contributed by atoms with Gasteiger partial charge in [0.15, 0.2) is 0 Å². The zero-order valence-electron chi connectivity index (χ0n) is 10.6. The van der Waals surface area contributed by atoms with E-state index in [1.54, 1.807) is 12.1 Å². The molecule has 1 aromatic carbocycles. The monoisotopic (exact) mass is 274 g/mol. The number of nitrogens with one attached hydrogen (secondary N) is 2. The molecule has 102 valence electrons. The van der Waals surface area contributed by atoms with E-state index in [0.717, 1.165) is 5.56 Å². The highest BCUT2D eigenvalue weighted by Gasteiger charge is 2.14. The van der Waals surface area contributed by atoms with Crippen molar-refractivity contribution in [2.45, 2.75) is 24.3 Å². The maximum absolute atomic E-state index is 11.9. The molecular weight excluding hydrogens is 255 g/mol. The van der Waals surface area contributed by atoms with Crippen LogP contribution in [0.1, 0.15) is 24.9 Å². The largest absolute Gasteiger partial charge is 0.313 e. The van der Waals surface area contributed by atoms with Gasteiger partial charge in [-0.15, -0.1) is 0 Å². The lowest BCUT2D eigenvalue weighted by atomic mass is 10.1. The van der Waals surface area contributed by atoms with Crippen molar-refractivity contribution in [3.8, 4) is 0 Å². The van der Waals surface area contributed by atoms with Crippen molar-refractivity contribution in [1.82, 2.24) is 10.0 Å². The number of halogens is 1. The van der Waals surface area contributed by atoms with Crippen LogP contribution in [0.4, 0.5) is 4.39 Å². The molecule has 1 unspecified atom stereocenters. The van der Waals surface area contributed by atoms with Crippen LogP contribution < -0.4 is 10.0 Å². The number of alkyl halides is 1. The number of hydrogen-bond donors (Lipinski definition) is 2. The summed E-state index contributed by atoms with van der Waals surface area (Å²) in [5.74, 6) is 0. The Labute approximate surface area is 108 Å². The van der Waals surface area contributed by atoms with Crippen LogP contribution in [0.3, 0.4) is 0 Å². The number of hydrogen-bond acceptors (Lipinski definition) is 3. The van der Waals surface area contributed by atoms with Gasteiger partial charge in [-0.3, -0.25) is 4.39 Å². The quantitative estimate of drug-likeness (QED) is 0.743. The molecule has 0 aliphatic rings. The topological polar surface area (TPSA) is 58.2 Å². The molecule has 0 saturated heterocycles. The molecule has 6 heteroatoms. The maximum Gasteiger partial charge on any atom is 0.240 e. The van der Waals surface area contributed by atoms with E-state index in [2.05, 4.69) is 10.0 Å². The maximum atomic E-state index is 11.9. The van der Waals surface area contributed by atoms with Gasteiger partial charge in [0.1, 0.15) is 0 Å². The Morgan fingerprint density at radius 2 is 2.11 bits per heavy atom. The van der Waals surface area contributed by atoms with Crippen LogP contribution in [-0.2, 0) is 10.0 Å². The summed E-state index contributed by atoms with van der Waals surface area (Å²) in [5, 5.41) is 3.05. The van der Waals surface area contributed by atoms with Crippen molar-refractivity contribution in [2.24, 2.45) is 0 Å². The van der Waals surface area contributed by atoms with Crippen LogP contribution in [0.25, 0.3) is 0 Å². The second-order valence-corrected chi connectivity index (χ2v) is 5.79. The first-order chi connectivity index (χ1) is 8.51. The van der Waals surface area contributed by atoms with E-state index in [9.17, 15) is 12.8 Å². The standard InChI is InChI=1S/C12H19FN2O2S/c1-10(14-2)11-5-3-6-12(9-11)18(16,17)15-8-4-7-13/h3,5-6,9-10,14-15H,4,7-8H2,1-2H3. The van der Waals surface area contributed by atoms with Crippen molar-refractivity contribution in [2.75, 3.05) is 20.3 Å². The lowest BCUT2D eigenvalue weighted by Gasteiger charge is -2.12. The molecule has 0 amide bonds. The molecule has 0 saturated carbocycles. The molecule has 0 fully saturated rings. The molecule has 1 atom stereocenters. The summed E-state index contributed by atoms with van der Waals surface area (Å²) in [4.78, 5) is 0.209. The van der Waals surface area contributed by atoms with Crippen molar-refractivity contribution < 1.29 is 12.8 Å². The van der Waals surface area contributed by atoms with Crippen LogP contribution in [0.5, 0.6) is 0 Å². The van der Waals surface area contributed by atoms with Crippen LogP contribution in [0.2, 0.25) is 0 Å². The van der Waals surface area contributed by atoms with E-state index >= 15 is 0 Å². The van der Waals surface area contributed by atoms with Gasteiger partial charge in [-0.1, -0.05) is 12.1 Å². The molecule has 2 N–H and O–H groups in total. The molecule has 0 aliphatic carbocycles. The SMILES string of the molecule is CNC(C)c1cccc(S(=O)(=O)NCCCF)c1. The summed E-state index contributed by atoms with van der Waals surface area (Å²) in [6.07, 6.45) is 0.186. The molecule has 18 heavy (non-hydrogen) atoms. The van der Waals surface area contributed by atoms with Gasteiger partial charge in [0.25, 0.3) is 0 Å². The normalized spacial score (nSPS) is 13.5. The summed E-state index contributed by atoms with van der Waals surface area (Å²) in [6.45, 7) is 1.53. The van der Waals surface area contributed by atoms with E-state index in [4.69, 9.17) is 0 Å². The molecule has 0 aromatic heterocycles. The second-order valence-electron chi connectivity index (χ2n) is 4.02. The first kappa shape index (κ1) is 15.1. The van der Waals surface area contributed by atoms with Gasteiger partial charge in [0, 0.05) is 12.6 Å². The average Bonchev–Trinajstić information content (AvgIpc) is 2.38. The molecule has 4 nitrogen and oxygen atoms in total. The minimum Gasteiger partial charge on any atom is -0.313 e. The predicted octanol–water partition coefficient (Wildman–Crippen LogP) is 1.60. The van der Waals surface area contributed by atoms with Crippen LogP contribution in [0, 0.1) is 0 Å². The van der Waals surface area contributed by atoms with Crippen molar-refractivity contribution in [3.63, 3.8) is 0 Å². The van der Waals surface area contributed by atoms with Crippen LogP contribution in [0.15, 0.2) is 29.2 Å². The van der Waals surface area contributed by atoms with Crippen molar-refractivity contribution in [3.05, 3.63) is 29.8 Å². The number of benzene rings is 1. The van der Waals surface area contributed by atoms with Gasteiger partial charge in [-0.25, -0.2) is 13.1 Å². The molecule has 0 heterocycles. The van der Waals surface area contributed by atoms with Gasteiger partial charge in [0.2, 0.25) is 10.0 Å². The van der Waals surface area contributed by atoms with Gasteiger partial charge >= 0.3 is 0 Å². The molecule has 0 bridgehead atoms. The smallest absolute Gasteiger partial charge is 0.240 e. The van der Waals surface area contributed by atoms with E-state index in [0.29, 0.717) is 0 Å². The zero-order chi connectivity index (χ0) is 13.6. The Kier molecular flexibility index (Phi) is 5.71. The second kappa shape index (κ2) is 6.82. The Balaban J connectivity index is 2.88. The fraction of sp³-hybridized carbons (Fsp3) is 0.500. The van der Waals surface area contributed by atoms with Crippen LogP contribution >= 0.6 is 0 Å². The first-order valence-corrected chi connectivity index (χ1v) is 7.32. The summed E-state index contributed by atoms with van der Waals surface area (Å²) in [7, 11) is -1.73. The van der Waals surface area contributed by atoms with E-state index in [-0.39, 0.29) is 23.9 Å². The fourth-order valence-electron chi connectivity index (χ4n) is 1.47. The van der Waals surface area contributed by atoms with Gasteiger partial charge in [-0.05, 0) is 38.1 Å².